The minimum Gasteiger partial charge on any atom is -0.366 e. The molecule has 0 bridgehead atoms. The molecule has 2 rings (SSSR count). The fourth-order valence-electron chi connectivity index (χ4n) is 1.31. The van der Waals surface area contributed by atoms with Gasteiger partial charge in [0.15, 0.2) is 0 Å². The summed E-state index contributed by atoms with van der Waals surface area (Å²) in [6.45, 7) is 0. The lowest BCUT2D eigenvalue weighted by atomic mass is 10.1. The lowest BCUT2D eigenvalue weighted by Gasteiger charge is -2.03. The standard InChI is InChI=1S/C11H12N2O2/c12-10(14)7-2-1-3-8(6-7)11(15)13-9-4-5-9/h1-3,6,9H,4-5H2,(H2,12,14)(H,13,15). The van der Waals surface area contributed by atoms with Gasteiger partial charge in [-0.2, -0.15) is 0 Å². The Morgan fingerprint density at radius 3 is 2.53 bits per heavy atom. The summed E-state index contributed by atoms with van der Waals surface area (Å²) in [6.07, 6.45) is 2.09. The van der Waals surface area contributed by atoms with Crippen molar-refractivity contribution < 1.29 is 9.59 Å². The van der Waals surface area contributed by atoms with Crippen molar-refractivity contribution in [2.75, 3.05) is 0 Å². The molecule has 4 nitrogen and oxygen atoms in total. The van der Waals surface area contributed by atoms with Crippen molar-refractivity contribution in [2.45, 2.75) is 18.9 Å². The second kappa shape index (κ2) is 3.73. The molecule has 3 N–H and O–H groups in total. The quantitative estimate of drug-likeness (QED) is 0.759. The zero-order valence-corrected chi connectivity index (χ0v) is 8.19. The highest BCUT2D eigenvalue weighted by Crippen LogP contribution is 2.19. The topological polar surface area (TPSA) is 72.2 Å². The number of nitrogens with one attached hydrogen (secondary N) is 1. The third kappa shape index (κ3) is 2.34. The summed E-state index contributed by atoms with van der Waals surface area (Å²) in [4.78, 5) is 22.5. The van der Waals surface area contributed by atoms with Crippen molar-refractivity contribution >= 4 is 11.8 Å². The van der Waals surface area contributed by atoms with Crippen LogP contribution in [0.4, 0.5) is 0 Å². The monoisotopic (exact) mass is 204 g/mol. The molecule has 1 fully saturated rings. The van der Waals surface area contributed by atoms with Crippen LogP contribution < -0.4 is 11.1 Å². The van der Waals surface area contributed by atoms with Crippen LogP contribution >= 0.6 is 0 Å². The first-order chi connectivity index (χ1) is 7.16. The van der Waals surface area contributed by atoms with Gasteiger partial charge >= 0.3 is 0 Å². The lowest BCUT2D eigenvalue weighted by Crippen LogP contribution is -2.25. The zero-order chi connectivity index (χ0) is 10.8. The fraction of sp³-hybridized carbons (Fsp3) is 0.273. The van der Waals surface area contributed by atoms with Gasteiger partial charge in [0.05, 0.1) is 0 Å². The van der Waals surface area contributed by atoms with Crippen LogP contribution in [0.3, 0.4) is 0 Å². The van der Waals surface area contributed by atoms with E-state index in [4.69, 9.17) is 5.73 Å². The number of carbonyl (C=O) groups is 2. The molecule has 0 saturated heterocycles. The number of rotatable bonds is 3. The van der Waals surface area contributed by atoms with Crippen LogP contribution in [0.1, 0.15) is 33.6 Å². The summed E-state index contributed by atoms with van der Waals surface area (Å²) in [5, 5.41) is 2.85. The predicted octanol–water partition coefficient (Wildman–Crippen LogP) is 0.678. The molecule has 0 atom stereocenters. The molecule has 0 aliphatic heterocycles. The molecule has 0 spiro atoms. The average molecular weight is 204 g/mol. The van der Waals surface area contributed by atoms with Gasteiger partial charge in [0, 0.05) is 17.2 Å². The minimum absolute atomic E-state index is 0.138. The molecule has 1 aliphatic rings. The first-order valence-electron chi connectivity index (χ1n) is 4.87. The average Bonchev–Trinajstić information content (AvgIpc) is 3.02. The molecule has 78 valence electrons. The first-order valence-corrected chi connectivity index (χ1v) is 4.87. The smallest absolute Gasteiger partial charge is 0.251 e. The molecular formula is C11H12N2O2. The number of hydrogen-bond acceptors (Lipinski definition) is 2. The Kier molecular flexibility index (Phi) is 2.41. The van der Waals surface area contributed by atoms with E-state index >= 15 is 0 Å². The van der Waals surface area contributed by atoms with E-state index in [1.54, 1.807) is 18.2 Å². The molecular weight excluding hydrogens is 192 g/mol. The molecule has 15 heavy (non-hydrogen) atoms. The molecule has 4 heteroatoms. The lowest BCUT2D eigenvalue weighted by molar-refractivity contribution is 0.0951. The van der Waals surface area contributed by atoms with E-state index in [2.05, 4.69) is 5.32 Å². The van der Waals surface area contributed by atoms with Crippen LogP contribution in [0, 0.1) is 0 Å². The molecule has 0 unspecified atom stereocenters. The maximum Gasteiger partial charge on any atom is 0.251 e. The van der Waals surface area contributed by atoms with Gasteiger partial charge in [-0.15, -0.1) is 0 Å². The Hall–Kier alpha value is -1.84. The van der Waals surface area contributed by atoms with E-state index in [1.807, 2.05) is 0 Å². The van der Waals surface area contributed by atoms with Crippen molar-refractivity contribution in [3.8, 4) is 0 Å². The molecule has 1 aromatic carbocycles. The maximum atomic E-state index is 11.6. The Morgan fingerprint density at radius 2 is 1.93 bits per heavy atom. The van der Waals surface area contributed by atoms with E-state index in [0.717, 1.165) is 12.8 Å². The number of carbonyl (C=O) groups excluding carboxylic acids is 2. The molecule has 0 heterocycles. The molecule has 1 aromatic rings. The van der Waals surface area contributed by atoms with E-state index < -0.39 is 5.91 Å². The second-order valence-electron chi connectivity index (χ2n) is 3.69. The Morgan fingerprint density at radius 1 is 1.27 bits per heavy atom. The first kappa shape index (κ1) is 9.71. The van der Waals surface area contributed by atoms with Gasteiger partial charge < -0.3 is 11.1 Å². The maximum absolute atomic E-state index is 11.6. The van der Waals surface area contributed by atoms with Gasteiger partial charge in [0.2, 0.25) is 5.91 Å². The van der Waals surface area contributed by atoms with Gasteiger partial charge in [-0.1, -0.05) is 6.07 Å². The summed E-state index contributed by atoms with van der Waals surface area (Å²) in [6, 6.07) is 6.75. The summed E-state index contributed by atoms with van der Waals surface area (Å²) >= 11 is 0. The van der Waals surface area contributed by atoms with Crippen LogP contribution in [0.15, 0.2) is 24.3 Å². The summed E-state index contributed by atoms with van der Waals surface area (Å²) in [5.74, 6) is -0.656. The van der Waals surface area contributed by atoms with E-state index in [0.29, 0.717) is 17.2 Å². The molecule has 1 saturated carbocycles. The summed E-state index contributed by atoms with van der Waals surface area (Å²) in [5.41, 5.74) is 5.97. The van der Waals surface area contributed by atoms with Crippen molar-refractivity contribution in [1.82, 2.24) is 5.32 Å². The summed E-state index contributed by atoms with van der Waals surface area (Å²) in [7, 11) is 0. The third-order valence-electron chi connectivity index (χ3n) is 2.32. The van der Waals surface area contributed by atoms with Gasteiger partial charge in [0.1, 0.15) is 0 Å². The highest BCUT2D eigenvalue weighted by molar-refractivity contribution is 5.99. The van der Waals surface area contributed by atoms with E-state index in [-0.39, 0.29) is 5.91 Å². The van der Waals surface area contributed by atoms with E-state index in [9.17, 15) is 9.59 Å². The van der Waals surface area contributed by atoms with Crippen molar-refractivity contribution in [1.29, 1.82) is 0 Å². The number of nitrogens with two attached hydrogens (primary N) is 1. The van der Waals surface area contributed by atoms with Crippen molar-refractivity contribution in [2.24, 2.45) is 5.73 Å². The minimum atomic E-state index is -0.518. The highest BCUT2D eigenvalue weighted by Gasteiger charge is 2.23. The van der Waals surface area contributed by atoms with Crippen LogP contribution in [0.25, 0.3) is 0 Å². The molecule has 0 aromatic heterocycles. The van der Waals surface area contributed by atoms with Crippen molar-refractivity contribution in [3.63, 3.8) is 0 Å². The Labute approximate surface area is 87.5 Å². The van der Waals surface area contributed by atoms with Gasteiger partial charge in [0.25, 0.3) is 5.91 Å². The molecule has 2 amide bonds. The SMILES string of the molecule is NC(=O)c1cccc(C(=O)NC2CC2)c1. The van der Waals surface area contributed by atoms with Crippen LogP contribution in [0.2, 0.25) is 0 Å². The third-order valence-corrected chi connectivity index (χ3v) is 2.32. The zero-order valence-electron chi connectivity index (χ0n) is 8.19. The molecule has 1 aliphatic carbocycles. The summed E-state index contributed by atoms with van der Waals surface area (Å²) < 4.78 is 0. The number of amides is 2. The van der Waals surface area contributed by atoms with Crippen LogP contribution in [0.5, 0.6) is 0 Å². The molecule has 0 radical (unpaired) electrons. The Balaban J connectivity index is 2.15. The highest BCUT2D eigenvalue weighted by atomic mass is 16.2. The number of hydrogen-bond donors (Lipinski definition) is 2. The Bertz CT molecular complexity index is 411. The van der Waals surface area contributed by atoms with Crippen LogP contribution in [-0.4, -0.2) is 17.9 Å². The fourth-order valence-corrected chi connectivity index (χ4v) is 1.31. The van der Waals surface area contributed by atoms with Crippen LogP contribution in [-0.2, 0) is 0 Å². The van der Waals surface area contributed by atoms with Crippen molar-refractivity contribution in [3.05, 3.63) is 35.4 Å². The number of primary amides is 1. The van der Waals surface area contributed by atoms with Gasteiger partial charge in [-0.25, -0.2) is 0 Å². The number of benzene rings is 1. The normalized spacial score (nSPS) is 14.7. The van der Waals surface area contributed by atoms with Gasteiger partial charge in [-0.05, 0) is 31.0 Å². The van der Waals surface area contributed by atoms with E-state index in [1.165, 1.54) is 6.07 Å². The predicted molar refractivity (Wildman–Crippen MR) is 55.4 cm³/mol. The second-order valence-corrected chi connectivity index (χ2v) is 3.69. The largest absolute Gasteiger partial charge is 0.366 e. The van der Waals surface area contributed by atoms with Gasteiger partial charge in [-0.3, -0.25) is 9.59 Å².